The molecular weight excluding hydrogens is 563 g/mol. The molecule has 0 spiro atoms. The minimum absolute atomic E-state index is 0.339. The first-order chi connectivity index (χ1) is 16.5. The first-order valence-corrected chi connectivity index (χ1v) is 12.2. The van der Waals surface area contributed by atoms with Crippen LogP contribution in [0.5, 0.6) is 11.5 Å². The van der Waals surface area contributed by atoms with Gasteiger partial charge in [0.05, 0.1) is 16.4 Å². The lowest BCUT2D eigenvalue weighted by molar-refractivity contribution is 0.0955. The second-order valence-corrected chi connectivity index (χ2v) is 9.00. The largest absolute Gasteiger partial charge is 0.490 e. The average molecular weight is 585 g/mol. The van der Waals surface area contributed by atoms with Crippen molar-refractivity contribution in [3.63, 3.8) is 0 Å². The molecule has 4 aromatic rings. The third kappa shape index (κ3) is 5.87. The molecule has 0 aliphatic rings. The molecule has 0 radical (unpaired) electrons. The monoisotopic (exact) mass is 584 g/mol. The van der Waals surface area contributed by atoms with Crippen LogP contribution in [-0.2, 0) is 6.61 Å². The molecule has 4 aromatic carbocycles. The van der Waals surface area contributed by atoms with Gasteiger partial charge in [0.1, 0.15) is 6.61 Å². The maximum atomic E-state index is 12.3. The van der Waals surface area contributed by atoms with Crippen LogP contribution in [0.3, 0.4) is 0 Å². The number of nitrogens with one attached hydrogen (secondary N) is 1. The summed E-state index contributed by atoms with van der Waals surface area (Å²) in [6.45, 7) is 2.83. The molecule has 0 bridgehead atoms. The van der Waals surface area contributed by atoms with Crippen molar-refractivity contribution in [3.05, 3.63) is 104 Å². The molecule has 0 atom stereocenters. The highest BCUT2D eigenvalue weighted by Crippen LogP contribution is 2.35. The molecule has 4 rings (SSSR count). The van der Waals surface area contributed by atoms with Crippen molar-refractivity contribution < 1.29 is 14.3 Å². The van der Waals surface area contributed by atoms with Crippen LogP contribution in [0, 0.1) is 3.57 Å². The quantitative estimate of drug-likeness (QED) is 0.140. The van der Waals surface area contributed by atoms with E-state index in [4.69, 9.17) is 21.1 Å². The van der Waals surface area contributed by atoms with Crippen molar-refractivity contribution in [3.8, 4) is 11.5 Å². The van der Waals surface area contributed by atoms with Gasteiger partial charge in [-0.05, 0) is 81.7 Å². The van der Waals surface area contributed by atoms with Gasteiger partial charge in [0.2, 0.25) is 0 Å². The van der Waals surface area contributed by atoms with E-state index in [2.05, 4.69) is 57.4 Å². The SMILES string of the molecule is CCOc1cc(/C=N\NC(=O)c2cccc(Cl)c2)cc(I)c1OCc1cccc2ccccc12. The molecule has 0 aliphatic carbocycles. The zero-order chi connectivity index (χ0) is 23.9. The Morgan fingerprint density at radius 2 is 1.82 bits per heavy atom. The summed E-state index contributed by atoms with van der Waals surface area (Å²) < 4.78 is 13.0. The lowest BCUT2D eigenvalue weighted by Crippen LogP contribution is -2.17. The molecule has 5 nitrogen and oxygen atoms in total. The third-order valence-electron chi connectivity index (χ3n) is 5.05. The van der Waals surface area contributed by atoms with Crippen LogP contribution >= 0.6 is 34.2 Å². The van der Waals surface area contributed by atoms with E-state index in [1.807, 2.05) is 37.3 Å². The fraction of sp³-hybridized carbons (Fsp3) is 0.111. The third-order valence-corrected chi connectivity index (χ3v) is 6.09. The van der Waals surface area contributed by atoms with Crippen LogP contribution in [0.25, 0.3) is 10.8 Å². The smallest absolute Gasteiger partial charge is 0.271 e. The number of hydrogen-bond acceptors (Lipinski definition) is 4. The van der Waals surface area contributed by atoms with Crippen molar-refractivity contribution in [2.75, 3.05) is 6.61 Å². The van der Waals surface area contributed by atoms with Gasteiger partial charge in [-0.3, -0.25) is 4.79 Å². The van der Waals surface area contributed by atoms with Crippen LogP contribution in [0.2, 0.25) is 5.02 Å². The van der Waals surface area contributed by atoms with Crippen LogP contribution < -0.4 is 14.9 Å². The summed E-state index contributed by atoms with van der Waals surface area (Å²) in [5, 5.41) is 6.91. The van der Waals surface area contributed by atoms with Gasteiger partial charge >= 0.3 is 0 Å². The van der Waals surface area contributed by atoms with Gasteiger partial charge in [-0.25, -0.2) is 5.43 Å². The Kier molecular flexibility index (Phi) is 8.03. The molecular formula is C27H22ClIN2O3. The summed E-state index contributed by atoms with van der Waals surface area (Å²) in [4.78, 5) is 12.3. The van der Waals surface area contributed by atoms with Crippen molar-refractivity contribution in [2.24, 2.45) is 5.10 Å². The average Bonchev–Trinajstić information content (AvgIpc) is 2.84. The molecule has 7 heteroatoms. The standard InChI is InChI=1S/C27H22ClIN2O3/c1-2-33-25-14-18(16-30-31-27(32)20-9-6-11-22(28)15-20)13-24(29)26(25)34-17-21-10-5-8-19-7-3-4-12-23(19)21/h3-16H,2,17H2,1H3,(H,31,32)/b30-16-. The highest BCUT2D eigenvalue weighted by atomic mass is 127. The predicted octanol–water partition coefficient (Wildman–Crippen LogP) is 6.84. The number of hydrogen-bond donors (Lipinski definition) is 1. The van der Waals surface area contributed by atoms with E-state index in [9.17, 15) is 4.79 Å². The maximum absolute atomic E-state index is 12.3. The number of ether oxygens (including phenoxy) is 2. The number of carbonyl (C=O) groups excluding carboxylic acids is 1. The summed E-state index contributed by atoms with van der Waals surface area (Å²) in [7, 11) is 0. The summed E-state index contributed by atoms with van der Waals surface area (Å²) in [6.07, 6.45) is 1.57. The van der Waals surface area contributed by atoms with E-state index in [1.54, 1.807) is 30.5 Å². The van der Waals surface area contributed by atoms with E-state index < -0.39 is 0 Å². The highest BCUT2D eigenvalue weighted by Gasteiger charge is 2.13. The van der Waals surface area contributed by atoms with Crippen molar-refractivity contribution >= 4 is 57.1 Å². The molecule has 1 N–H and O–H groups in total. The number of carbonyl (C=O) groups is 1. The molecule has 0 unspecified atom stereocenters. The van der Waals surface area contributed by atoms with Crippen LogP contribution in [0.15, 0.2) is 84.0 Å². The number of amides is 1. The van der Waals surface area contributed by atoms with Crippen molar-refractivity contribution in [1.29, 1.82) is 0 Å². The number of fused-ring (bicyclic) bond motifs is 1. The molecule has 34 heavy (non-hydrogen) atoms. The molecule has 1 amide bonds. The second-order valence-electron chi connectivity index (χ2n) is 7.40. The lowest BCUT2D eigenvalue weighted by Gasteiger charge is -2.15. The fourth-order valence-corrected chi connectivity index (χ4v) is 4.46. The summed E-state index contributed by atoms with van der Waals surface area (Å²) >= 11 is 8.17. The Morgan fingerprint density at radius 3 is 2.65 bits per heavy atom. The van der Waals surface area contributed by atoms with E-state index in [0.717, 1.165) is 20.1 Å². The lowest BCUT2D eigenvalue weighted by atomic mass is 10.1. The Balaban J connectivity index is 1.51. The Bertz CT molecular complexity index is 1350. The number of benzene rings is 4. The fourth-order valence-electron chi connectivity index (χ4n) is 3.49. The first kappa shape index (κ1) is 24.0. The summed E-state index contributed by atoms with van der Waals surface area (Å²) in [5.74, 6) is 0.960. The molecule has 172 valence electrons. The van der Waals surface area contributed by atoms with Crippen molar-refractivity contribution in [1.82, 2.24) is 5.43 Å². The van der Waals surface area contributed by atoms with E-state index >= 15 is 0 Å². The van der Waals surface area contributed by atoms with E-state index in [0.29, 0.717) is 35.3 Å². The minimum atomic E-state index is -0.339. The van der Waals surface area contributed by atoms with Crippen LogP contribution in [-0.4, -0.2) is 18.7 Å². The van der Waals surface area contributed by atoms with Gasteiger partial charge in [0.15, 0.2) is 11.5 Å². The number of nitrogens with zero attached hydrogens (tertiary/aromatic N) is 1. The van der Waals surface area contributed by atoms with Gasteiger partial charge in [-0.1, -0.05) is 60.1 Å². The second kappa shape index (κ2) is 11.4. The predicted molar refractivity (Wildman–Crippen MR) is 145 cm³/mol. The van der Waals surface area contributed by atoms with Gasteiger partial charge in [0.25, 0.3) is 5.91 Å². The Labute approximate surface area is 216 Å². The van der Waals surface area contributed by atoms with Crippen LogP contribution in [0.1, 0.15) is 28.4 Å². The molecule has 0 saturated carbocycles. The molecule has 0 heterocycles. The van der Waals surface area contributed by atoms with E-state index in [-0.39, 0.29) is 5.91 Å². The maximum Gasteiger partial charge on any atom is 0.271 e. The minimum Gasteiger partial charge on any atom is -0.490 e. The Hall–Kier alpha value is -3.10. The topological polar surface area (TPSA) is 59.9 Å². The van der Waals surface area contributed by atoms with E-state index in [1.165, 1.54) is 5.39 Å². The molecule has 0 fully saturated rings. The molecule has 0 aliphatic heterocycles. The first-order valence-electron chi connectivity index (χ1n) is 10.7. The summed E-state index contributed by atoms with van der Waals surface area (Å²) in [5.41, 5.74) is 4.84. The van der Waals surface area contributed by atoms with Gasteiger partial charge in [-0.2, -0.15) is 5.10 Å². The molecule has 0 aromatic heterocycles. The van der Waals surface area contributed by atoms with Gasteiger partial charge in [-0.15, -0.1) is 0 Å². The van der Waals surface area contributed by atoms with Gasteiger partial charge in [0, 0.05) is 10.6 Å². The zero-order valence-electron chi connectivity index (χ0n) is 18.4. The van der Waals surface area contributed by atoms with Crippen LogP contribution in [0.4, 0.5) is 0 Å². The van der Waals surface area contributed by atoms with Crippen molar-refractivity contribution in [2.45, 2.75) is 13.5 Å². The number of hydrazone groups is 1. The highest BCUT2D eigenvalue weighted by molar-refractivity contribution is 14.1. The molecule has 0 saturated heterocycles. The summed E-state index contributed by atoms with van der Waals surface area (Å²) in [6, 6.07) is 24.9. The Morgan fingerprint density at radius 1 is 1.03 bits per heavy atom. The normalized spacial score (nSPS) is 11.0. The number of halogens is 2. The van der Waals surface area contributed by atoms with Gasteiger partial charge < -0.3 is 9.47 Å². The number of rotatable bonds is 8. The zero-order valence-corrected chi connectivity index (χ0v) is 21.3.